The van der Waals surface area contributed by atoms with Crippen molar-refractivity contribution in [2.75, 3.05) is 11.4 Å². The van der Waals surface area contributed by atoms with Crippen LogP contribution >= 0.6 is 0 Å². The summed E-state index contributed by atoms with van der Waals surface area (Å²) in [5.74, 6) is -0.142. The molecule has 1 fully saturated rings. The van der Waals surface area contributed by atoms with Gasteiger partial charge in [-0.15, -0.1) is 0 Å². The van der Waals surface area contributed by atoms with Gasteiger partial charge in [-0.3, -0.25) is 4.79 Å². The molecule has 1 N–H and O–H groups in total. The zero-order chi connectivity index (χ0) is 14.8. The Kier molecular flexibility index (Phi) is 4.18. The van der Waals surface area contributed by atoms with Gasteiger partial charge >= 0.3 is 5.97 Å². The van der Waals surface area contributed by atoms with Gasteiger partial charge in [-0.1, -0.05) is 31.5 Å². The highest BCUT2D eigenvalue weighted by molar-refractivity contribution is 5.72. The number of aliphatic carboxylic acids is 1. The minimum atomic E-state index is -0.613. The number of carboxylic acids is 1. The van der Waals surface area contributed by atoms with Crippen molar-refractivity contribution in [2.24, 2.45) is 11.8 Å². The van der Waals surface area contributed by atoms with Crippen molar-refractivity contribution in [3.8, 4) is 0 Å². The molecule has 114 valence electrons. The fraction of sp³-hybridized carbons (Fsp3) is 0.611. The Bertz CT molecular complexity index is 514. The van der Waals surface area contributed by atoms with Crippen LogP contribution in [0.1, 0.15) is 44.6 Å². The number of benzene rings is 1. The largest absolute Gasteiger partial charge is 0.481 e. The van der Waals surface area contributed by atoms with Crippen LogP contribution in [0.5, 0.6) is 0 Å². The van der Waals surface area contributed by atoms with E-state index in [9.17, 15) is 9.90 Å². The minimum Gasteiger partial charge on any atom is -0.481 e. The van der Waals surface area contributed by atoms with Gasteiger partial charge in [0.1, 0.15) is 0 Å². The highest BCUT2D eigenvalue weighted by Gasteiger charge is 2.39. The Morgan fingerprint density at radius 3 is 2.90 bits per heavy atom. The summed E-state index contributed by atoms with van der Waals surface area (Å²) in [6, 6.07) is 8.70. The first-order chi connectivity index (χ1) is 10.2. The van der Waals surface area contributed by atoms with E-state index in [0.717, 1.165) is 38.6 Å². The third kappa shape index (κ3) is 2.78. The summed E-state index contributed by atoms with van der Waals surface area (Å²) >= 11 is 0. The molecule has 3 heteroatoms. The molecule has 1 aromatic carbocycles. The molecule has 3 rings (SSSR count). The number of para-hydroxylation sites is 1. The van der Waals surface area contributed by atoms with Crippen LogP contribution in [0.2, 0.25) is 0 Å². The molecule has 1 saturated carbocycles. The smallest absolute Gasteiger partial charge is 0.308 e. The van der Waals surface area contributed by atoms with Crippen molar-refractivity contribution in [1.82, 2.24) is 0 Å². The number of fused-ring (bicyclic) bond motifs is 1. The summed E-state index contributed by atoms with van der Waals surface area (Å²) in [6.07, 6.45) is 6.35. The maximum absolute atomic E-state index is 11.7. The lowest BCUT2D eigenvalue weighted by molar-refractivity contribution is -0.143. The van der Waals surface area contributed by atoms with Gasteiger partial charge in [0, 0.05) is 18.3 Å². The third-order valence-corrected chi connectivity index (χ3v) is 5.37. The van der Waals surface area contributed by atoms with E-state index in [1.165, 1.54) is 17.7 Å². The van der Waals surface area contributed by atoms with Crippen molar-refractivity contribution in [1.29, 1.82) is 0 Å². The van der Waals surface area contributed by atoms with Gasteiger partial charge in [-0.05, 0) is 49.7 Å². The van der Waals surface area contributed by atoms with Gasteiger partial charge in [-0.25, -0.2) is 0 Å². The van der Waals surface area contributed by atoms with E-state index in [4.69, 9.17) is 0 Å². The van der Waals surface area contributed by atoms with E-state index in [-0.39, 0.29) is 12.0 Å². The summed E-state index contributed by atoms with van der Waals surface area (Å²) in [6.45, 7) is 3.23. The van der Waals surface area contributed by atoms with Crippen molar-refractivity contribution in [2.45, 2.75) is 51.5 Å². The zero-order valence-electron chi connectivity index (χ0n) is 12.8. The number of hydrogen-bond donors (Lipinski definition) is 1. The van der Waals surface area contributed by atoms with E-state index < -0.39 is 5.97 Å². The Labute approximate surface area is 127 Å². The van der Waals surface area contributed by atoms with Crippen molar-refractivity contribution in [3.63, 3.8) is 0 Å². The Morgan fingerprint density at radius 1 is 1.33 bits per heavy atom. The van der Waals surface area contributed by atoms with Crippen molar-refractivity contribution >= 4 is 11.7 Å². The van der Waals surface area contributed by atoms with Crippen molar-refractivity contribution in [3.05, 3.63) is 29.8 Å². The highest BCUT2D eigenvalue weighted by Crippen LogP contribution is 2.39. The lowest BCUT2D eigenvalue weighted by Crippen LogP contribution is -2.49. The lowest BCUT2D eigenvalue weighted by atomic mass is 9.76. The van der Waals surface area contributed by atoms with Gasteiger partial charge in [0.25, 0.3) is 0 Å². The zero-order valence-corrected chi connectivity index (χ0v) is 12.8. The lowest BCUT2D eigenvalue weighted by Gasteiger charge is -2.44. The maximum atomic E-state index is 11.7. The Hall–Kier alpha value is -1.51. The number of carbonyl (C=O) groups is 1. The SMILES string of the molecule is CCC1CCC(C(=O)O)C(N2CCCc3ccccc32)C1. The number of anilines is 1. The van der Waals surface area contributed by atoms with Crippen LogP contribution in [-0.2, 0) is 11.2 Å². The number of rotatable bonds is 3. The highest BCUT2D eigenvalue weighted by atomic mass is 16.4. The molecule has 1 aromatic rings. The topological polar surface area (TPSA) is 40.5 Å². The first kappa shape index (κ1) is 14.4. The molecule has 21 heavy (non-hydrogen) atoms. The molecule has 3 unspecified atom stereocenters. The molecule has 0 aromatic heterocycles. The molecule has 0 spiro atoms. The molecule has 3 atom stereocenters. The number of hydrogen-bond acceptors (Lipinski definition) is 2. The molecular formula is C18H25NO2. The fourth-order valence-electron chi connectivity index (χ4n) is 4.14. The van der Waals surface area contributed by atoms with Gasteiger partial charge in [-0.2, -0.15) is 0 Å². The molecule has 0 bridgehead atoms. The first-order valence-corrected chi connectivity index (χ1v) is 8.28. The molecule has 0 saturated heterocycles. The molecule has 0 radical (unpaired) electrons. The summed E-state index contributed by atoms with van der Waals surface area (Å²) in [4.78, 5) is 14.1. The fourth-order valence-corrected chi connectivity index (χ4v) is 4.14. The predicted octanol–water partition coefficient (Wildman–Crippen LogP) is 3.72. The van der Waals surface area contributed by atoms with E-state index in [2.05, 4.69) is 36.1 Å². The average molecular weight is 287 g/mol. The number of aryl methyl sites for hydroxylation is 1. The summed E-state index contributed by atoms with van der Waals surface area (Å²) in [5, 5.41) is 9.62. The van der Waals surface area contributed by atoms with Crippen LogP contribution in [0.3, 0.4) is 0 Å². The van der Waals surface area contributed by atoms with E-state index in [0.29, 0.717) is 5.92 Å². The molecule has 0 amide bonds. The van der Waals surface area contributed by atoms with E-state index >= 15 is 0 Å². The van der Waals surface area contributed by atoms with Gasteiger partial charge in [0.2, 0.25) is 0 Å². The average Bonchev–Trinajstić information content (AvgIpc) is 2.53. The number of nitrogens with zero attached hydrogens (tertiary/aromatic N) is 1. The van der Waals surface area contributed by atoms with Crippen LogP contribution in [0.15, 0.2) is 24.3 Å². The summed E-state index contributed by atoms with van der Waals surface area (Å²) < 4.78 is 0. The van der Waals surface area contributed by atoms with Crippen LogP contribution in [0, 0.1) is 11.8 Å². The van der Waals surface area contributed by atoms with Crippen LogP contribution in [0.25, 0.3) is 0 Å². The van der Waals surface area contributed by atoms with Crippen LogP contribution < -0.4 is 4.90 Å². The quantitative estimate of drug-likeness (QED) is 0.921. The minimum absolute atomic E-state index is 0.169. The predicted molar refractivity (Wildman–Crippen MR) is 84.7 cm³/mol. The standard InChI is InChI=1S/C18H25NO2/c1-2-13-9-10-15(18(20)21)17(12-13)19-11-5-7-14-6-3-4-8-16(14)19/h3-4,6,8,13,15,17H,2,5,7,9-12H2,1H3,(H,20,21). The summed E-state index contributed by atoms with van der Waals surface area (Å²) in [5.41, 5.74) is 2.66. The third-order valence-electron chi connectivity index (χ3n) is 5.37. The Balaban J connectivity index is 1.91. The molecule has 1 heterocycles. The van der Waals surface area contributed by atoms with Crippen LogP contribution in [0.4, 0.5) is 5.69 Å². The van der Waals surface area contributed by atoms with Gasteiger partial charge in [0.15, 0.2) is 0 Å². The Morgan fingerprint density at radius 2 is 2.14 bits per heavy atom. The summed E-state index contributed by atoms with van der Waals surface area (Å²) in [7, 11) is 0. The first-order valence-electron chi connectivity index (χ1n) is 8.28. The van der Waals surface area contributed by atoms with Crippen LogP contribution in [-0.4, -0.2) is 23.7 Å². The molecule has 1 aliphatic carbocycles. The maximum Gasteiger partial charge on any atom is 0.308 e. The van der Waals surface area contributed by atoms with Gasteiger partial charge in [0.05, 0.1) is 5.92 Å². The molecular weight excluding hydrogens is 262 g/mol. The molecule has 1 aliphatic heterocycles. The molecule has 2 aliphatic rings. The second-order valence-corrected chi connectivity index (χ2v) is 6.53. The van der Waals surface area contributed by atoms with Crippen molar-refractivity contribution < 1.29 is 9.90 Å². The monoisotopic (exact) mass is 287 g/mol. The van der Waals surface area contributed by atoms with E-state index in [1.54, 1.807) is 0 Å². The molecule has 3 nitrogen and oxygen atoms in total. The second kappa shape index (κ2) is 6.08. The van der Waals surface area contributed by atoms with E-state index in [1.807, 2.05) is 0 Å². The number of carboxylic acid groups (broad SMARTS) is 1. The second-order valence-electron chi connectivity index (χ2n) is 6.53. The van der Waals surface area contributed by atoms with Gasteiger partial charge < -0.3 is 10.0 Å². The normalized spacial score (nSPS) is 29.0.